The highest BCUT2D eigenvalue weighted by Gasteiger charge is 2.72. The summed E-state index contributed by atoms with van der Waals surface area (Å²) < 4.78 is 54.3. The maximum absolute atomic E-state index is 12.6. The molecule has 0 aromatic heterocycles. The summed E-state index contributed by atoms with van der Waals surface area (Å²) in [4.78, 5) is 0. The molecule has 0 aliphatic heterocycles. The van der Waals surface area contributed by atoms with E-state index in [1.54, 1.807) is 13.8 Å². The van der Waals surface area contributed by atoms with Gasteiger partial charge in [0.25, 0.3) is 0 Å². The molecule has 1 fully saturated rings. The monoisotopic (exact) mass is 200 g/mol. The minimum atomic E-state index is -3.98. The van der Waals surface area contributed by atoms with Crippen LogP contribution in [0, 0.1) is 5.92 Å². The molecule has 1 saturated carbocycles. The van der Waals surface area contributed by atoms with Crippen LogP contribution in [-0.2, 0) is 4.74 Å². The number of hydrogen-bond donors (Lipinski definition) is 0. The van der Waals surface area contributed by atoms with Crippen molar-refractivity contribution in [3.8, 4) is 0 Å². The van der Waals surface area contributed by atoms with Gasteiger partial charge in [-0.3, -0.25) is 0 Å². The fourth-order valence-corrected chi connectivity index (χ4v) is 1.07. The molecule has 1 rings (SSSR count). The zero-order chi connectivity index (χ0) is 10.3. The van der Waals surface area contributed by atoms with Gasteiger partial charge in [-0.15, -0.1) is 0 Å². The Kier molecular flexibility index (Phi) is 2.58. The van der Waals surface area contributed by atoms with Gasteiger partial charge in [-0.1, -0.05) is 13.8 Å². The Morgan fingerprint density at radius 3 is 2.15 bits per heavy atom. The van der Waals surface area contributed by atoms with Gasteiger partial charge in [0, 0.05) is 6.61 Å². The molecule has 0 N–H and O–H groups in total. The highest BCUT2D eigenvalue weighted by atomic mass is 19.3. The second kappa shape index (κ2) is 3.12. The average Bonchev–Trinajstić information content (AvgIpc) is 1.97. The van der Waals surface area contributed by atoms with Crippen LogP contribution in [-0.4, -0.2) is 24.6 Å². The largest absolute Gasteiger partial charge is 0.371 e. The lowest BCUT2D eigenvalue weighted by atomic mass is 9.85. The van der Waals surface area contributed by atoms with Crippen molar-refractivity contribution in [1.82, 2.24) is 0 Å². The number of rotatable bonds is 3. The number of hydrogen-bond acceptors (Lipinski definition) is 1. The van der Waals surface area contributed by atoms with Crippen LogP contribution in [0.2, 0.25) is 0 Å². The minimum absolute atomic E-state index is 0.0741. The fraction of sp³-hybridized carbons (Fsp3) is 1.00. The predicted octanol–water partition coefficient (Wildman–Crippen LogP) is 2.70. The summed E-state index contributed by atoms with van der Waals surface area (Å²) in [6, 6.07) is 0. The molecule has 1 aliphatic carbocycles. The average molecular weight is 200 g/mol. The van der Waals surface area contributed by atoms with Crippen LogP contribution in [0.25, 0.3) is 0 Å². The van der Waals surface area contributed by atoms with Crippen LogP contribution < -0.4 is 0 Å². The smallest absolute Gasteiger partial charge is 0.335 e. The molecule has 0 saturated heterocycles. The van der Waals surface area contributed by atoms with E-state index in [0.29, 0.717) is 0 Å². The van der Waals surface area contributed by atoms with Crippen molar-refractivity contribution in [3.05, 3.63) is 0 Å². The topological polar surface area (TPSA) is 9.23 Å². The van der Waals surface area contributed by atoms with Gasteiger partial charge in [0.2, 0.25) is 0 Å². The van der Waals surface area contributed by atoms with E-state index in [-0.39, 0.29) is 12.5 Å². The maximum Gasteiger partial charge on any atom is 0.335 e. The van der Waals surface area contributed by atoms with Gasteiger partial charge in [-0.2, -0.15) is 17.6 Å². The summed E-state index contributed by atoms with van der Waals surface area (Å²) in [5.41, 5.74) is 0. The molecule has 0 heterocycles. The third-order valence-electron chi connectivity index (χ3n) is 1.96. The molecule has 1 atom stereocenters. The molecule has 0 radical (unpaired) electrons. The van der Waals surface area contributed by atoms with Crippen molar-refractivity contribution in [2.75, 3.05) is 6.61 Å². The van der Waals surface area contributed by atoms with E-state index in [9.17, 15) is 17.6 Å². The summed E-state index contributed by atoms with van der Waals surface area (Å²) in [5, 5.41) is 0. The highest BCUT2D eigenvalue weighted by molar-refractivity contribution is 5.04. The lowest BCUT2D eigenvalue weighted by molar-refractivity contribution is -0.341. The van der Waals surface area contributed by atoms with Crippen LogP contribution >= 0.6 is 0 Å². The Morgan fingerprint density at radius 1 is 1.31 bits per heavy atom. The number of alkyl halides is 4. The van der Waals surface area contributed by atoms with Gasteiger partial charge >= 0.3 is 11.8 Å². The minimum Gasteiger partial charge on any atom is -0.371 e. The maximum atomic E-state index is 12.6. The lowest BCUT2D eigenvalue weighted by Crippen LogP contribution is -2.63. The first-order valence-corrected chi connectivity index (χ1v) is 4.14. The quantitative estimate of drug-likeness (QED) is 0.636. The SMILES string of the molecule is CC(C)CO[C@@H]1CC(F)(F)C1(F)F. The molecule has 0 spiro atoms. The third-order valence-corrected chi connectivity index (χ3v) is 1.96. The van der Waals surface area contributed by atoms with E-state index in [1.165, 1.54) is 0 Å². The third kappa shape index (κ3) is 1.80. The van der Waals surface area contributed by atoms with Gasteiger partial charge in [-0.05, 0) is 5.92 Å². The van der Waals surface area contributed by atoms with Crippen LogP contribution in [0.5, 0.6) is 0 Å². The normalized spacial score (nSPS) is 30.2. The van der Waals surface area contributed by atoms with Crippen LogP contribution in [0.4, 0.5) is 17.6 Å². The molecule has 1 aliphatic rings. The summed E-state index contributed by atoms with van der Waals surface area (Å²) in [6.45, 7) is 3.64. The summed E-state index contributed by atoms with van der Waals surface area (Å²) in [6.07, 6.45) is -2.47. The summed E-state index contributed by atoms with van der Waals surface area (Å²) in [7, 11) is 0. The first-order valence-electron chi connectivity index (χ1n) is 4.14. The van der Waals surface area contributed by atoms with Crippen molar-refractivity contribution in [2.24, 2.45) is 5.92 Å². The molecule has 0 unspecified atom stereocenters. The molecule has 0 bridgehead atoms. The van der Waals surface area contributed by atoms with Crippen LogP contribution in [0.3, 0.4) is 0 Å². The molecule has 0 aromatic rings. The van der Waals surface area contributed by atoms with Crippen molar-refractivity contribution in [2.45, 2.75) is 38.2 Å². The van der Waals surface area contributed by atoms with E-state index < -0.39 is 24.4 Å². The van der Waals surface area contributed by atoms with Crippen LogP contribution in [0.15, 0.2) is 0 Å². The lowest BCUT2D eigenvalue weighted by Gasteiger charge is -2.43. The van der Waals surface area contributed by atoms with Gasteiger partial charge in [0.15, 0.2) is 0 Å². The zero-order valence-corrected chi connectivity index (χ0v) is 7.49. The second-order valence-corrected chi connectivity index (χ2v) is 3.75. The Labute approximate surface area is 74.1 Å². The molecule has 78 valence electrons. The van der Waals surface area contributed by atoms with E-state index in [0.717, 1.165) is 0 Å². The number of ether oxygens (including phenoxy) is 1. The molecular formula is C8H12F4O. The molecule has 1 nitrogen and oxygen atoms in total. The van der Waals surface area contributed by atoms with Gasteiger partial charge < -0.3 is 4.74 Å². The molecule has 0 aromatic carbocycles. The Hall–Kier alpha value is -0.320. The molecule has 0 amide bonds. The second-order valence-electron chi connectivity index (χ2n) is 3.75. The molecular weight excluding hydrogens is 188 g/mol. The standard InChI is InChI=1S/C8H12F4O/c1-5(2)4-13-6-3-7(9,10)8(6,11)12/h5-6H,3-4H2,1-2H3/t6-/m1/s1. The van der Waals surface area contributed by atoms with Crippen LogP contribution in [0.1, 0.15) is 20.3 Å². The zero-order valence-electron chi connectivity index (χ0n) is 7.49. The predicted molar refractivity (Wildman–Crippen MR) is 39.1 cm³/mol. The van der Waals surface area contributed by atoms with Crippen molar-refractivity contribution >= 4 is 0 Å². The van der Waals surface area contributed by atoms with Gasteiger partial charge in [0.1, 0.15) is 6.10 Å². The van der Waals surface area contributed by atoms with Crippen molar-refractivity contribution in [3.63, 3.8) is 0 Å². The van der Waals surface area contributed by atoms with Crippen molar-refractivity contribution < 1.29 is 22.3 Å². The summed E-state index contributed by atoms with van der Waals surface area (Å²) in [5.74, 6) is -7.79. The summed E-state index contributed by atoms with van der Waals surface area (Å²) >= 11 is 0. The first kappa shape index (κ1) is 10.8. The fourth-order valence-electron chi connectivity index (χ4n) is 1.07. The number of halogens is 4. The Balaban J connectivity index is 2.41. The van der Waals surface area contributed by atoms with Gasteiger partial charge in [0.05, 0.1) is 6.42 Å². The first-order chi connectivity index (χ1) is 5.77. The van der Waals surface area contributed by atoms with E-state index in [4.69, 9.17) is 0 Å². The Bertz CT molecular complexity index is 191. The Morgan fingerprint density at radius 2 is 1.85 bits per heavy atom. The highest BCUT2D eigenvalue weighted by Crippen LogP contribution is 2.52. The van der Waals surface area contributed by atoms with E-state index >= 15 is 0 Å². The molecule has 13 heavy (non-hydrogen) atoms. The molecule has 5 heteroatoms. The van der Waals surface area contributed by atoms with Crippen molar-refractivity contribution in [1.29, 1.82) is 0 Å². The van der Waals surface area contributed by atoms with E-state index in [1.807, 2.05) is 0 Å². The van der Waals surface area contributed by atoms with Gasteiger partial charge in [-0.25, -0.2) is 0 Å². The van der Waals surface area contributed by atoms with E-state index in [2.05, 4.69) is 4.74 Å².